The molecule has 0 aliphatic carbocycles. The molecule has 3 rings (SSSR count). The average molecular weight is 341 g/mol. The van der Waals surface area contributed by atoms with Crippen molar-refractivity contribution in [3.05, 3.63) is 59.1 Å². The van der Waals surface area contributed by atoms with Gasteiger partial charge < -0.3 is 5.32 Å². The van der Waals surface area contributed by atoms with E-state index >= 15 is 0 Å². The maximum absolute atomic E-state index is 12.6. The van der Waals surface area contributed by atoms with Crippen molar-refractivity contribution in [3.8, 4) is 10.7 Å². The van der Waals surface area contributed by atoms with Crippen LogP contribution in [0.15, 0.2) is 52.9 Å². The summed E-state index contributed by atoms with van der Waals surface area (Å²) in [7, 11) is 0. The van der Waals surface area contributed by atoms with Crippen molar-refractivity contribution in [2.24, 2.45) is 0 Å². The predicted octanol–water partition coefficient (Wildman–Crippen LogP) is 4.49. The number of anilines is 1. The monoisotopic (exact) mass is 341 g/mol. The molecule has 1 amide bonds. The summed E-state index contributed by atoms with van der Waals surface area (Å²) in [5.74, 6) is 0.480. The van der Waals surface area contributed by atoms with Crippen LogP contribution in [-0.2, 0) is 0 Å². The van der Waals surface area contributed by atoms with E-state index in [4.69, 9.17) is 0 Å². The molecule has 2 aromatic heterocycles. The lowest BCUT2D eigenvalue weighted by Crippen LogP contribution is -2.16. The Labute approximate surface area is 143 Å². The average Bonchev–Trinajstić information content (AvgIpc) is 3.09. The number of rotatable bonds is 4. The smallest absolute Gasteiger partial charge is 0.260 e. The van der Waals surface area contributed by atoms with Crippen molar-refractivity contribution in [2.75, 3.05) is 11.6 Å². The molecule has 23 heavy (non-hydrogen) atoms. The molecule has 0 saturated carbocycles. The summed E-state index contributed by atoms with van der Waals surface area (Å²) in [5.41, 5.74) is 1.97. The van der Waals surface area contributed by atoms with E-state index in [1.807, 2.05) is 61.0 Å². The van der Waals surface area contributed by atoms with E-state index in [1.165, 1.54) is 11.8 Å². The fourth-order valence-corrected chi connectivity index (χ4v) is 3.47. The lowest BCUT2D eigenvalue weighted by molar-refractivity contribution is 0.102. The molecule has 0 spiro atoms. The van der Waals surface area contributed by atoms with Crippen LogP contribution in [0.5, 0.6) is 0 Å². The summed E-state index contributed by atoms with van der Waals surface area (Å²) in [5, 5.41) is 5.58. The maximum atomic E-state index is 12.6. The number of aromatic nitrogens is 2. The molecule has 0 bridgehead atoms. The lowest BCUT2D eigenvalue weighted by Gasteiger charge is -2.11. The normalized spacial score (nSPS) is 10.5. The van der Waals surface area contributed by atoms with Crippen LogP contribution in [0.1, 0.15) is 16.1 Å². The minimum atomic E-state index is -0.184. The number of benzene rings is 1. The van der Waals surface area contributed by atoms with Crippen LogP contribution in [-0.4, -0.2) is 22.1 Å². The van der Waals surface area contributed by atoms with Crippen LogP contribution in [0.4, 0.5) is 5.69 Å². The van der Waals surface area contributed by atoms with Gasteiger partial charge in [-0.05, 0) is 36.8 Å². The zero-order valence-electron chi connectivity index (χ0n) is 12.7. The maximum Gasteiger partial charge on any atom is 0.260 e. The molecule has 6 heteroatoms. The molecular formula is C17H15N3OS2. The summed E-state index contributed by atoms with van der Waals surface area (Å²) in [4.78, 5) is 22.7. The molecule has 0 saturated heterocycles. The van der Waals surface area contributed by atoms with E-state index in [0.717, 1.165) is 10.6 Å². The summed E-state index contributed by atoms with van der Waals surface area (Å²) in [6.07, 6.45) is 1.92. The van der Waals surface area contributed by atoms with Crippen molar-refractivity contribution >= 4 is 34.7 Å². The van der Waals surface area contributed by atoms with Gasteiger partial charge in [0.2, 0.25) is 0 Å². The van der Waals surface area contributed by atoms with Crippen molar-refractivity contribution in [1.29, 1.82) is 0 Å². The number of thiophene rings is 1. The third-order valence-electron chi connectivity index (χ3n) is 3.25. The van der Waals surface area contributed by atoms with Crippen molar-refractivity contribution < 1.29 is 4.79 Å². The largest absolute Gasteiger partial charge is 0.322 e. The zero-order valence-corrected chi connectivity index (χ0v) is 14.4. The summed E-state index contributed by atoms with van der Waals surface area (Å²) >= 11 is 3.04. The Hall–Kier alpha value is -2.18. The molecule has 0 aliphatic rings. The highest BCUT2D eigenvalue weighted by Crippen LogP contribution is 2.27. The molecule has 1 N–H and O–H groups in total. The van der Waals surface area contributed by atoms with Gasteiger partial charge in [0.05, 0.1) is 16.1 Å². The van der Waals surface area contributed by atoms with Crippen LogP contribution >= 0.6 is 23.1 Å². The Balaban J connectivity index is 1.97. The van der Waals surface area contributed by atoms with Crippen LogP contribution in [0.25, 0.3) is 10.7 Å². The summed E-state index contributed by atoms with van der Waals surface area (Å²) < 4.78 is 0. The number of nitrogens with zero attached hydrogens (tertiary/aromatic N) is 2. The second kappa shape index (κ2) is 6.93. The van der Waals surface area contributed by atoms with Gasteiger partial charge in [0.1, 0.15) is 5.03 Å². The van der Waals surface area contributed by atoms with E-state index in [-0.39, 0.29) is 5.91 Å². The fraction of sp³-hybridized carbons (Fsp3) is 0.118. The number of carbonyl (C=O) groups is 1. The highest BCUT2D eigenvalue weighted by Gasteiger charge is 2.19. The number of hydrogen-bond acceptors (Lipinski definition) is 5. The third-order valence-corrected chi connectivity index (χ3v) is 4.80. The first-order valence-corrected chi connectivity index (χ1v) is 9.12. The highest BCUT2D eigenvalue weighted by atomic mass is 32.2. The predicted molar refractivity (Wildman–Crippen MR) is 96.3 cm³/mol. The first kappa shape index (κ1) is 15.7. The summed E-state index contributed by atoms with van der Waals surface area (Å²) in [6, 6.07) is 13.3. The van der Waals surface area contributed by atoms with Gasteiger partial charge >= 0.3 is 0 Å². The Morgan fingerprint density at radius 3 is 2.57 bits per heavy atom. The van der Waals surface area contributed by atoms with E-state index in [1.54, 1.807) is 11.3 Å². The number of para-hydroxylation sites is 1. The Morgan fingerprint density at radius 2 is 1.91 bits per heavy atom. The van der Waals surface area contributed by atoms with Gasteiger partial charge in [0.25, 0.3) is 5.91 Å². The minimum absolute atomic E-state index is 0.184. The molecule has 0 radical (unpaired) electrons. The van der Waals surface area contributed by atoms with E-state index in [9.17, 15) is 4.79 Å². The Bertz CT molecular complexity index is 817. The quantitative estimate of drug-likeness (QED) is 0.561. The number of thioether (sulfide) groups is 1. The standard InChI is InChI=1S/C17H15N3OS2/c1-11-14(16(21)19-12-7-4-3-5-8-12)17(22-2)20-15(18-11)13-9-6-10-23-13/h3-10H,1-2H3,(H,19,21). The Kier molecular flexibility index (Phi) is 4.73. The van der Waals surface area contributed by atoms with E-state index in [0.29, 0.717) is 22.1 Å². The molecule has 2 heterocycles. The van der Waals surface area contributed by atoms with Crippen LogP contribution < -0.4 is 5.32 Å². The van der Waals surface area contributed by atoms with Crippen LogP contribution in [0.3, 0.4) is 0 Å². The van der Waals surface area contributed by atoms with Crippen molar-refractivity contribution in [3.63, 3.8) is 0 Å². The van der Waals surface area contributed by atoms with Crippen LogP contribution in [0.2, 0.25) is 0 Å². The van der Waals surface area contributed by atoms with Crippen molar-refractivity contribution in [2.45, 2.75) is 11.9 Å². The molecule has 4 nitrogen and oxygen atoms in total. The molecule has 0 fully saturated rings. The van der Waals surface area contributed by atoms with Gasteiger partial charge in [-0.3, -0.25) is 4.79 Å². The second-order valence-electron chi connectivity index (χ2n) is 4.81. The van der Waals surface area contributed by atoms with Gasteiger partial charge in [0.15, 0.2) is 5.82 Å². The van der Waals surface area contributed by atoms with Gasteiger partial charge in [-0.25, -0.2) is 9.97 Å². The number of amides is 1. The zero-order chi connectivity index (χ0) is 16.2. The third kappa shape index (κ3) is 3.43. The number of nitrogens with one attached hydrogen (secondary N) is 1. The molecule has 0 unspecified atom stereocenters. The van der Waals surface area contributed by atoms with Gasteiger partial charge in [-0.2, -0.15) is 0 Å². The lowest BCUT2D eigenvalue weighted by atomic mass is 10.2. The van der Waals surface area contributed by atoms with Crippen molar-refractivity contribution in [1.82, 2.24) is 9.97 Å². The second-order valence-corrected chi connectivity index (χ2v) is 6.56. The Morgan fingerprint density at radius 1 is 1.13 bits per heavy atom. The van der Waals surface area contributed by atoms with E-state index in [2.05, 4.69) is 15.3 Å². The summed E-state index contributed by atoms with van der Waals surface area (Å²) in [6.45, 7) is 1.85. The topological polar surface area (TPSA) is 54.9 Å². The van der Waals surface area contributed by atoms with Gasteiger partial charge in [-0.15, -0.1) is 23.1 Å². The highest BCUT2D eigenvalue weighted by molar-refractivity contribution is 7.98. The number of hydrogen-bond donors (Lipinski definition) is 1. The van der Waals surface area contributed by atoms with E-state index < -0.39 is 0 Å². The number of carbonyl (C=O) groups excluding carboxylic acids is 1. The molecule has 0 aliphatic heterocycles. The minimum Gasteiger partial charge on any atom is -0.322 e. The first-order valence-electron chi connectivity index (χ1n) is 7.02. The first-order chi connectivity index (χ1) is 11.2. The molecule has 0 atom stereocenters. The SMILES string of the molecule is CSc1nc(-c2cccs2)nc(C)c1C(=O)Nc1ccccc1. The molecule has 1 aromatic carbocycles. The molecule has 116 valence electrons. The van der Waals surface area contributed by atoms with Gasteiger partial charge in [-0.1, -0.05) is 24.3 Å². The van der Waals surface area contributed by atoms with Gasteiger partial charge in [0, 0.05) is 5.69 Å². The molecular weight excluding hydrogens is 326 g/mol. The van der Waals surface area contributed by atoms with Crippen LogP contribution in [0, 0.1) is 6.92 Å². The molecule has 3 aromatic rings. The number of aryl methyl sites for hydroxylation is 1. The fourth-order valence-electron chi connectivity index (χ4n) is 2.19.